The zero-order valence-corrected chi connectivity index (χ0v) is 16.1. The number of benzene rings is 3. The van der Waals surface area contributed by atoms with Gasteiger partial charge >= 0.3 is 0 Å². The lowest BCUT2D eigenvalue weighted by Crippen LogP contribution is -2.25. The molecule has 3 aromatic carbocycles. The Morgan fingerprint density at radius 1 is 0.852 bits per heavy atom. The highest BCUT2D eigenvalue weighted by Gasteiger charge is 2.04. The van der Waals surface area contributed by atoms with Crippen LogP contribution >= 0.6 is 12.2 Å². The fourth-order valence-corrected chi connectivity index (χ4v) is 2.79. The van der Waals surface area contributed by atoms with Gasteiger partial charge in [-0.15, -0.1) is 0 Å². The largest absolute Gasteiger partial charge is 0.495 e. The third kappa shape index (κ3) is 4.92. The zero-order chi connectivity index (χ0) is 19.1. The van der Waals surface area contributed by atoms with E-state index in [1.807, 2.05) is 49.4 Å². The Labute approximate surface area is 164 Å². The number of nitrogens with one attached hydrogen (secondary N) is 2. The third-order valence-corrected chi connectivity index (χ3v) is 4.28. The quantitative estimate of drug-likeness (QED) is 0.371. The van der Waals surface area contributed by atoms with Crippen LogP contribution in [0.1, 0.15) is 12.5 Å². The smallest absolute Gasteiger partial charge is 0.191 e. The van der Waals surface area contributed by atoms with E-state index in [9.17, 15) is 0 Å². The molecule has 0 aromatic heterocycles. The Hall–Kier alpha value is -3.18. The van der Waals surface area contributed by atoms with Crippen molar-refractivity contribution < 1.29 is 4.74 Å². The summed E-state index contributed by atoms with van der Waals surface area (Å²) in [5.41, 5.74) is 7.91. The molecule has 0 atom stereocenters. The zero-order valence-electron chi connectivity index (χ0n) is 15.3. The van der Waals surface area contributed by atoms with Crippen molar-refractivity contribution >= 4 is 28.7 Å². The summed E-state index contributed by atoms with van der Waals surface area (Å²) in [4.78, 5) is 0. The van der Waals surface area contributed by atoms with Crippen molar-refractivity contribution in [2.24, 2.45) is 5.10 Å². The summed E-state index contributed by atoms with van der Waals surface area (Å²) in [7, 11) is 1.62. The van der Waals surface area contributed by atoms with Crippen LogP contribution in [0.25, 0.3) is 11.1 Å². The maximum absolute atomic E-state index is 5.31. The second kappa shape index (κ2) is 8.96. The first-order valence-corrected chi connectivity index (χ1v) is 8.98. The van der Waals surface area contributed by atoms with Crippen LogP contribution in [0.4, 0.5) is 5.69 Å². The summed E-state index contributed by atoms with van der Waals surface area (Å²) in [5, 5.41) is 7.86. The number of hydrogen-bond donors (Lipinski definition) is 2. The summed E-state index contributed by atoms with van der Waals surface area (Å²) in [6, 6.07) is 26.2. The van der Waals surface area contributed by atoms with Gasteiger partial charge in [0, 0.05) is 0 Å². The van der Waals surface area contributed by atoms with Gasteiger partial charge in [0.1, 0.15) is 5.75 Å². The second-order valence-corrected chi connectivity index (χ2v) is 6.32. The number of nitrogens with zero attached hydrogens (tertiary/aromatic N) is 1. The SMILES string of the molecule is COc1ccccc1NC(=S)N/N=C(/C)c1ccc(-c2ccccc2)cc1. The predicted octanol–water partition coefficient (Wildman–Crippen LogP) is 5.07. The molecule has 0 fully saturated rings. The van der Waals surface area contributed by atoms with Gasteiger partial charge in [-0.1, -0.05) is 66.7 Å². The molecule has 0 spiro atoms. The minimum Gasteiger partial charge on any atom is -0.495 e. The molecule has 0 unspecified atom stereocenters. The Balaban J connectivity index is 1.64. The summed E-state index contributed by atoms with van der Waals surface area (Å²) >= 11 is 5.31. The molecule has 0 bridgehead atoms. The topological polar surface area (TPSA) is 45.6 Å². The van der Waals surface area contributed by atoms with E-state index in [0.29, 0.717) is 5.11 Å². The summed E-state index contributed by atoms with van der Waals surface area (Å²) < 4.78 is 5.30. The normalized spacial score (nSPS) is 11.0. The first-order valence-electron chi connectivity index (χ1n) is 8.57. The van der Waals surface area contributed by atoms with Gasteiger partial charge in [0.2, 0.25) is 0 Å². The maximum atomic E-state index is 5.31. The van der Waals surface area contributed by atoms with Gasteiger partial charge in [-0.2, -0.15) is 5.10 Å². The van der Waals surface area contributed by atoms with E-state index in [-0.39, 0.29) is 0 Å². The third-order valence-electron chi connectivity index (χ3n) is 4.09. The number of hydrogen-bond acceptors (Lipinski definition) is 3. The number of methoxy groups -OCH3 is 1. The molecular formula is C22H21N3OS. The molecule has 0 aliphatic rings. The number of ether oxygens (including phenoxy) is 1. The molecule has 0 radical (unpaired) electrons. The lowest BCUT2D eigenvalue weighted by Gasteiger charge is -2.11. The predicted molar refractivity (Wildman–Crippen MR) is 116 cm³/mol. The van der Waals surface area contributed by atoms with E-state index in [1.165, 1.54) is 11.1 Å². The van der Waals surface area contributed by atoms with Crippen molar-refractivity contribution in [3.63, 3.8) is 0 Å². The molecule has 136 valence electrons. The first kappa shape index (κ1) is 18.6. The van der Waals surface area contributed by atoms with Crippen LogP contribution in [0.5, 0.6) is 5.75 Å². The number of hydrazone groups is 1. The molecule has 0 saturated carbocycles. The van der Waals surface area contributed by atoms with Crippen molar-refractivity contribution in [2.75, 3.05) is 12.4 Å². The van der Waals surface area contributed by atoms with Crippen LogP contribution in [-0.4, -0.2) is 17.9 Å². The average Bonchev–Trinajstić information content (AvgIpc) is 2.73. The Morgan fingerprint density at radius 2 is 1.48 bits per heavy atom. The molecular weight excluding hydrogens is 354 g/mol. The van der Waals surface area contributed by atoms with E-state index in [0.717, 1.165) is 22.7 Å². The standard InChI is InChI=1S/C22H21N3OS/c1-16(17-12-14-19(15-13-17)18-8-4-3-5-9-18)24-25-22(27)23-20-10-6-7-11-21(20)26-2/h3-15H,1-2H3,(H2,23,25,27)/b24-16-. The summed E-state index contributed by atoms with van der Waals surface area (Å²) in [6.07, 6.45) is 0. The maximum Gasteiger partial charge on any atom is 0.191 e. The molecule has 5 heteroatoms. The highest BCUT2D eigenvalue weighted by Crippen LogP contribution is 2.23. The lowest BCUT2D eigenvalue weighted by molar-refractivity contribution is 0.417. The van der Waals surface area contributed by atoms with Crippen LogP contribution in [0.15, 0.2) is 84.0 Å². The van der Waals surface area contributed by atoms with Crippen LogP contribution in [0.3, 0.4) is 0 Å². The monoisotopic (exact) mass is 375 g/mol. The van der Waals surface area contributed by atoms with Crippen molar-refractivity contribution in [2.45, 2.75) is 6.92 Å². The average molecular weight is 375 g/mol. The van der Waals surface area contributed by atoms with Crippen LogP contribution < -0.4 is 15.5 Å². The van der Waals surface area contributed by atoms with Gasteiger partial charge in [-0.05, 0) is 48.0 Å². The number of rotatable bonds is 5. The van der Waals surface area contributed by atoms with Crippen molar-refractivity contribution in [3.05, 3.63) is 84.4 Å². The number of anilines is 1. The summed E-state index contributed by atoms with van der Waals surface area (Å²) in [5.74, 6) is 0.721. The van der Waals surface area contributed by atoms with E-state index in [4.69, 9.17) is 17.0 Å². The molecule has 0 saturated heterocycles. The fourth-order valence-electron chi connectivity index (χ4n) is 2.63. The lowest BCUT2D eigenvalue weighted by atomic mass is 10.0. The minimum atomic E-state index is 0.403. The van der Waals surface area contributed by atoms with Gasteiger partial charge in [0.25, 0.3) is 0 Å². The molecule has 0 aliphatic carbocycles. The van der Waals surface area contributed by atoms with Gasteiger partial charge in [0.15, 0.2) is 5.11 Å². The fraction of sp³-hybridized carbons (Fsp3) is 0.0909. The second-order valence-electron chi connectivity index (χ2n) is 5.91. The van der Waals surface area contributed by atoms with E-state index < -0.39 is 0 Å². The number of thiocarbonyl (C=S) groups is 1. The van der Waals surface area contributed by atoms with Crippen molar-refractivity contribution in [1.82, 2.24) is 5.43 Å². The molecule has 27 heavy (non-hydrogen) atoms. The molecule has 0 aliphatic heterocycles. The van der Waals surface area contributed by atoms with Crippen LogP contribution in [0.2, 0.25) is 0 Å². The van der Waals surface area contributed by atoms with Crippen LogP contribution in [-0.2, 0) is 0 Å². The van der Waals surface area contributed by atoms with E-state index in [1.54, 1.807) is 7.11 Å². The molecule has 4 nitrogen and oxygen atoms in total. The first-order chi connectivity index (χ1) is 13.2. The van der Waals surface area contributed by atoms with Crippen molar-refractivity contribution in [1.29, 1.82) is 0 Å². The van der Waals surface area contributed by atoms with E-state index in [2.05, 4.69) is 52.2 Å². The molecule has 3 rings (SSSR count). The van der Waals surface area contributed by atoms with Crippen LogP contribution in [0, 0.1) is 0 Å². The minimum absolute atomic E-state index is 0.403. The number of para-hydroxylation sites is 2. The van der Waals surface area contributed by atoms with Gasteiger partial charge in [0.05, 0.1) is 18.5 Å². The molecule has 3 aromatic rings. The highest BCUT2D eigenvalue weighted by molar-refractivity contribution is 7.80. The van der Waals surface area contributed by atoms with Crippen molar-refractivity contribution in [3.8, 4) is 16.9 Å². The van der Waals surface area contributed by atoms with Gasteiger partial charge < -0.3 is 10.1 Å². The van der Waals surface area contributed by atoms with Gasteiger partial charge in [-0.3, -0.25) is 5.43 Å². The Bertz CT molecular complexity index is 937. The van der Waals surface area contributed by atoms with E-state index >= 15 is 0 Å². The highest BCUT2D eigenvalue weighted by atomic mass is 32.1. The molecule has 2 N–H and O–H groups in total. The summed E-state index contributed by atoms with van der Waals surface area (Å²) in [6.45, 7) is 1.94. The molecule has 0 heterocycles. The Kier molecular flexibility index (Phi) is 6.18. The molecule has 0 amide bonds. The van der Waals surface area contributed by atoms with Gasteiger partial charge in [-0.25, -0.2) is 0 Å². The Morgan fingerprint density at radius 3 is 2.19 bits per heavy atom.